The van der Waals surface area contributed by atoms with Gasteiger partial charge in [-0.15, -0.1) is 0 Å². The number of anilines is 3. The van der Waals surface area contributed by atoms with Crippen LogP contribution in [0.25, 0.3) is 0 Å². The lowest BCUT2D eigenvalue weighted by atomic mass is 10.1. The largest absolute Gasteiger partial charge is 0.497 e. The minimum Gasteiger partial charge on any atom is -0.497 e. The van der Waals surface area contributed by atoms with Gasteiger partial charge >= 0.3 is 0 Å². The molecule has 3 aromatic rings. The number of carbonyl (C=O) groups is 1. The number of aryl methyl sites for hydroxylation is 1. The van der Waals surface area contributed by atoms with Crippen LogP contribution in [0.2, 0.25) is 5.02 Å². The lowest BCUT2D eigenvalue weighted by Crippen LogP contribution is -2.02. The lowest BCUT2D eigenvalue weighted by molar-refractivity contribution is 0.104. The molecule has 5 nitrogen and oxygen atoms in total. The fourth-order valence-electron chi connectivity index (χ4n) is 2.29. The number of ketones is 1. The van der Waals surface area contributed by atoms with Crippen LogP contribution in [0.3, 0.4) is 0 Å². The number of halogens is 1. The Hall–Kier alpha value is -2.57. The summed E-state index contributed by atoms with van der Waals surface area (Å²) < 4.78 is 5.16. The van der Waals surface area contributed by atoms with Crippen LogP contribution in [0.15, 0.2) is 42.5 Å². The molecule has 0 atom stereocenters. The van der Waals surface area contributed by atoms with Gasteiger partial charge in [-0.3, -0.25) is 4.79 Å². The van der Waals surface area contributed by atoms with Crippen LogP contribution in [0.4, 0.5) is 16.6 Å². The number of nitrogen functional groups attached to an aromatic ring is 1. The van der Waals surface area contributed by atoms with Crippen LogP contribution in [-0.2, 0) is 0 Å². The second kappa shape index (κ2) is 7.13. The number of nitrogens with one attached hydrogen (secondary N) is 1. The number of thiazole rings is 1. The van der Waals surface area contributed by atoms with E-state index in [4.69, 9.17) is 22.1 Å². The molecule has 3 rings (SSSR count). The number of ether oxygens (including phenoxy) is 1. The van der Waals surface area contributed by atoms with Crippen molar-refractivity contribution in [2.45, 2.75) is 6.92 Å². The highest BCUT2D eigenvalue weighted by molar-refractivity contribution is 7.18. The third kappa shape index (κ3) is 3.75. The lowest BCUT2D eigenvalue weighted by Gasteiger charge is -2.06. The smallest absolute Gasteiger partial charge is 0.206 e. The summed E-state index contributed by atoms with van der Waals surface area (Å²) >= 11 is 7.24. The van der Waals surface area contributed by atoms with E-state index in [0.717, 1.165) is 11.3 Å². The fraction of sp³-hybridized carbons (Fsp3) is 0.111. The van der Waals surface area contributed by atoms with Gasteiger partial charge in [-0.1, -0.05) is 41.1 Å². The monoisotopic (exact) mass is 373 g/mol. The summed E-state index contributed by atoms with van der Waals surface area (Å²) in [6.45, 7) is 1.96. The van der Waals surface area contributed by atoms with E-state index in [1.165, 1.54) is 11.3 Å². The zero-order valence-electron chi connectivity index (χ0n) is 13.7. The molecule has 0 saturated heterocycles. The summed E-state index contributed by atoms with van der Waals surface area (Å²) in [5.74, 6) is 0.617. The maximum absolute atomic E-state index is 12.7. The van der Waals surface area contributed by atoms with Crippen LogP contribution in [0, 0.1) is 6.92 Å². The van der Waals surface area contributed by atoms with Crippen molar-refractivity contribution in [2.75, 3.05) is 18.2 Å². The third-order valence-electron chi connectivity index (χ3n) is 3.63. The van der Waals surface area contributed by atoms with Gasteiger partial charge in [0, 0.05) is 16.3 Å². The Kier molecular flexibility index (Phi) is 4.92. The fourth-order valence-corrected chi connectivity index (χ4v) is 3.32. The second-order valence-electron chi connectivity index (χ2n) is 5.38. The first-order valence-electron chi connectivity index (χ1n) is 7.46. The number of nitrogens with zero attached hydrogens (tertiary/aromatic N) is 1. The molecular weight excluding hydrogens is 358 g/mol. The molecule has 3 N–H and O–H groups in total. The number of benzene rings is 2. The topological polar surface area (TPSA) is 77.2 Å². The highest BCUT2D eigenvalue weighted by atomic mass is 35.5. The molecule has 0 saturated carbocycles. The molecule has 25 heavy (non-hydrogen) atoms. The summed E-state index contributed by atoms with van der Waals surface area (Å²) in [5, 5.41) is 4.32. The molecule has 0 aliphatic heterocycles. The van der Waals surface area contributed by atoms with Gasteiger partial charge in [0.15, 0.2) is 5.13 Å². The first-order chi connectivity index (χ1) is 12.0. The van der Waals surface area contributed by atoms with E-state index in [2.05, 4.69) is 10.3 Å². The Bertz CT molecular complexity index is 940. The van der Waals surface area contributed by atoms with E-state index in [-0.39, 0.29) is 11.6 Å². The summed E-state index contributed by atoms with van der Waals surface area (Å²) in [5.41, 5.74) is 8.29. The highest BCUT2D eigenvalue weighted by Crippen LogP contribution is 2.32. The number of hydrogen-bond donors (Lipinski definition) is 2. The maximum atomic E-state index is 12.7. The van der Waals surface area contributed by atoms with Crippen molar-refractivity contribution in [1.82, 2.24) is 4.98 Å². The second-order valence-corrected chi connectivity index (χ2v) is 6.81. The molecule has 0 spiro atoms. The van der Waals surface area contributed by atoms with Crippen molar-refractivity contribution in [3.8, 4) is 5.75 Å². The third-order valence-corrected chi connectivity index (χ3v) is 4.85. The van der Waals surface area contributed by atoms with Crippen molar-refractivity contribution >= 4 is 45.4 Å². The number of rotatable bonds is 5. The molecule has 7 heteroatoms. The zero-order valence-corrected chi connectivity index (χ0v) is 15.2. The molecule has 0 aliphatic carbocycles. The van der Waals surface area contributed by atoms with Gasteiger partial charge in [-0.05, 0) is 36.8 Å². The average Bonchev–Trinajstić information content (AvgIpc) is 2.98. The first kappa shape index (κ1) is 17.3. The van der Waals surface area contributed by atoms with Crippen LogP contribution in [-0.4, -0.2) is 17.9 Å². The Morgan fingerprint density at radius 1 is 1.28 bits per heavy atom. The molecule has 0 bridgehead atoms. The molecule has 128 valence electrons. The molecule has 0 fully saturated rings. The molecular formula is C18H16ClN3O2S. The summed E-state index contributed by atoms with van der Waals surface area (Å²) in [6.07, 6.45) is 0. The first-order valence-corrected chi connectivity index (χ1v) is 8.65. The SMILES string of the molecule is COc1cccc(C(=O)c2sc(Nc3cc(Cl)ccc3C)nc2N)c1. The number of aromatic nitrogens is 1. The van der Waals surface area contributed by atoms with Crippen LogP contribution in [0.5, 0.6) is 5.75 Å². The summed E-state index contributed by atoms with van der Waals surface area (Å²) in [7, 11) is 1.56. The molecule has 1 aromatic heterocycles. The minimum atomic E-state index is -0.190. The van der Waals surface area contributed by atoms with Gasteiger partial charge in [0.2, 0.25) is 5.78 Å². The molecule has 1 heterocycles. The van der Waals surface area contributed by atoms with Crippen molar-refractivity contribution in [1.29, 1.82) is 0 Å². The quantitative estimate of drug-likeness (QED) is 0.635. The summed E-state index contributed by atoms with van der Waals surface area (Å²) in [4.78, 5) is 17.3. The van der Waals surface area contributed by atoms with Crippen molar-refractivity contribution in [3.63, 3.8) is 0 Å². The maximum Gasteiger partial charge on any atom is 0.206 e. The Morgan fingerprint density at radius 3 is 2.84 bits per heavy atom. The number of methoxy groups -OCH3 is 1. The minimum absolute atomic E-state index is 0.190. The molecule has 2 aromatic carbocycles. The van der Waals surface area contributed by atoms with Gasteiger partial charge in [0.1, 0.15) is 16.4 Å². The van der Waals surface area contributed by atoms with E-state index in [9.17, 15) is 4.79 Å². The zero-order chi connectivity index (χ0) is 18.0. The number of nitrogens with two attached hydrogens (primary N) is 1. The van der Waals surface area contributed by atoms with Crippen LogP contribution < -0.4 is 15.8 Å². The van der Waals surface area contributed by atoms with Gasteiger partial charge in [0.05, 0.1) is 7.11 Å². The van der Waals surface area contributed by atoms with Crippen LogP contribution in [0.1, 0.15) is 20.8 Å². The Labute approximate surface area is 154 Å². The Morgan fingerprint density at radius 2 is 2.08 bits per heavy atom. The van der Waals surface area contributed by atoms with Crippen molar-refractivity contribution < 1.29 is 9.53 Å². The van der Waals surface area contributed by atoms with E-state index < -0.39 is 0 Å². The molecule has 0 aliphatic rings. The van der Waals surface area contributed by atoms with E-state index in [0.29, 0.717) is 26.3 Å². The molecule has 0 radical (unpaired) electrons. The number of carbonyl (C=O) groups excluding carboxylic acids is 1. The standard InChI is InChI=1S/C18H16ClN3O2S/c1-10-6-7-12(19)9-14(10)21-18-22-17(20)16(25-18)15(23)11-4-3-5-13(8-11)24-2/h3-9H,20H2,1-2H3,(H,21,22). The van der Waals surface area contributed by atoms with E-state index >= 15 is 0 Å². The van der Waals surface area contributed by atoms with Gasteiger partial charge < -0.3 is 15.8 Å². The highest BCUT2D eigenvalue weighted by Gasteiger charge is 2.19. The Balaban J connectivity index is 1.89. The van der Waals surface area contributed by atoms with Crippen molar-refractivity contribution in [2.24, 2.45) is 0 Å². The van der Waals surface area contributed by atoms with Crippen LogP contribution >= 0.6 is 22.9 Å². The predicted octanol–water partition coefficient (Wildman–Crippen LogP) is 4.67. The predicted molar refractivity (Wildman–Crippen MR) is 102 cm³/mol. The van der Waals surface area contributed by atoms with Gasteiger partial charge in [-0.25, -0.2) is 4.98 Å². The van der Waals surface area contributed by atoms with E-state index in [1.54, 1.807) is 37.4 Å². The number of hydrogen-bond acceptors (Lipinski definition) is 6. The van der Waals surface area contributed by atoms with Gasteiger partial charge in [0.25, 0.3) is 0 Å². The normalized spacial score (nSPS) is 10.5. The average molecular weight is 374 g/mol. The molecule has 0 unspecified atom stereocenters. The van der Waals surface area contributed by atoms with E-state index in [1.807, 2.05) is 19.1 Å². The molecule has 0 amide bonds. The van der Waals surface area contributed by atoms with Gasteiger partial charge in [-0.2, -0.15) is 0 Å². The summed E-state index contributed by atoms with van der Waals surface area (Å²) in [6, 6.07) is 12.5. The van der Waals surface area contributed by atoms with Crippen molar-refractivity contribution in [3.05, 3.63) is 63.5 Å².